The lowest BCUT2D eigenvalue weighted by atomic mass is 10.0. The zero-order valence-electron chi connectivity index (χ0n) is 10.0. The Labute approximate surface area is 105 Å². The van der Waals surface area contributed by atoms with E-state index in [9.17, 15) is 4.79 Å². The number of pyridine rings is 1. The fourth-order valence-electron chi connectivity index (χ4n) is 2.11. The predicted octanol–water partition coefficient (Wildman–Crippen LogP) is 1.18. The molecule has 1 aliphatic rings. The van der Waals surface area contributed by atoms with Crippen LogP contribution in [0.5, 0.6) is 0 Å². The molecule has 1 fully saturated rings. The minimum atomic E-state index is -0.0845. The topological polar surface area (TPSA) is 54.0 Å². The maximum Gasteiger partial charge on any atom is 0.270 e. The summed E-state index contributed by atoms with van der Waals surface area (Å²) in [6.07, 6.45) is 1.68. The second-order valence-electron chi connectivity index (χ2n) is 4.61. The Bertz CT molecular complexity index is 573. The summed E-state index contributed by atoms with van der Waals surface area (Å²) in [6, 6.07) is 9.73. The number of amides is 1. The molecule has 1 aliphatic heterocycles. The smallest absolute Gasteiger partial charge is 0.270 e. The maximum atomic E-state index is 12.1. The Morgan fingerprint density at radius 3 is 2.94 bits per heavy atom. The lowest BCUT2D eigenvalue weighted by Crippen LogP contribution is -2.48. The molecule has 2 aromatic rings. The quantitative estimate of drug-likeness (QED) is 0.848. The third-order valence-corrected chi connectivity index (χ3v) is 3.31. The van der Waals surface area contributed by atoms with E-state index in [1.54, 1.807) is 6.20 Å². The lowest BCUT2D eigenvalue weighted by Gasteiger charge is -2.27. The van der Waals surface area contributed by atoms with Gasteiger partial charge < -0.3 is 10.6 Å². The molecule has 0 saturated carbocycles. The molecule has 0 bridgehead atoms. The number of fused-ring (bicyclic) bond motifs is 1. The van der Waals surface area contributed by atoms with Gasteiger partial charge in [-0.3, -0.25) is 9.78 Å². The summed E-state index contributed by atoms with van der Waals surface area (Å²) in [7, 11) is 0. The Kier molecular flexibility index (Phi) is 2.94. The molecule has 2 heterocycles. The van der Waals surface area contributed by atoms with Crippen molar-refractivity contribution in [1.82, 2.24) is 15.6 Å². The second kappa shape index (κ2) is 4.74. The monoisotopic (exact) mass is 241 g/mol. The first-order valence-electron chi connectivity index (χ1n) is 6.17. The number of carbonyl (C=O) groups excluding carboxylic acids is 1. The Balaban J connectivity index is 1.81. The van der Waals surface area contributed by atoms with E-state index in [0.717, 1.165) is 30.4 Å². The molecular weight excluding hydrogens is 226 g/mol. The highest BCUT2D eigenvalue weighted by atomic mass is 16.1. The van der Waals surface area contributed by atoms with Gasteiger partial charge in [0.15, 0.2) is 0 Å². The van der Waals surface area contributed by atoms with E-state index < -0.39 is 0 Å². The number of carbonyl (C=O) groups is 1. The van der Waals surface area contributed by atoms with E-state index in [-0.39, 0.29) is 5.91 Å². The van der Waals surface area contributed by atoms with Gasteiger partial charge in [-0.2, -0.15) is 0 Å². The predicted molar refractivity (Wildman–Crippen MR) is 70.4 cm³/mol. The number of hydrogen-bond acceptors (Lipinski definition) is 3. The van der Waals surface area contributed by atoms with Crippen molar-refractivity contribution in [1.29, 1.82) is 0 Å². The van der Waals surface area contributed by atoms with Crippen LogP contribution in [0.3, 0.4) is 0 Å². The van der Waals surface area contributed by atoms with Gasteiger partial charge in [0.05, 0.1) is 0 Å². The van der Waals surface area contributed by atoms with Gasteiger partial charge in [0.25, 0.3) is 5.91 Å². The van der Waals surface area contributed by atoms with Crippen molar-refractivity contribution in [2.24, 2.45) is 5.92 Å². The number of nitrogens with zero attached hydrogens (tertiary/aromatic N) is 1. The van der Waals surface area contributed by atoms with Crippen molar-refractivity contribution in [2.75, 3.05) is 19.6 Å². The Hall–Kier alpha value is -1.94. The van der Waals surface area contributed by atoms with Crippen LogP contribution in [0, 0.1) is 5.92 Å². The molecule has 0 unspecified atom stereocenters. The SMILES string of the molecule is O=C(NCC1CNC1)c1nccc2ccccc12. The minimum Gasteiger partial charge on any atom is -0.350 e. The van der Waals surface area contributed by atoms with Gasteiger partial charge in [0.1, 0.15) is 5.69 Å². The summed E-state index contributed by atoms with van der Waals surface area (Å²) in [5, 5.41) is 8.09. The molecule has 18 heavy (non-hydrogen) atoms. The number of rotatable bonds is 3. The van der Waals surface area contributed by atoms with Crippen LogP contribution in [0.2, 0.25) is 0 Å². The largest absolute Gasteiger partial charge is 0.350 e. The van der Waals surface area contributed by atoms with Crippen LogP contribution < -0.4 is 10.6 Å². The van der Waals surface area contributed by atoms with Crippen LogP contribution in [0.25, 0.3) is 10.8 Å². The Morgan fingerprint density at radius 1 is 1.33 bits per heavy atom. The van der Waals surface area contributed by atoms with Crippen molar-refractivity contribution in [3.05, 3.63) is 42.2 Å². The van der Waals surface area contributed by atoms with Gasteiger partial charge in [0, 0.05) is 37.1 Å². The molecule has 1 aromatic carbocycles. The lowest BCUT2D eigenvalue weighted by molar-refractivity contribution is 0.0939. The van der Waals surface area contributed by atoms with Gasteiger partial charge in [0.2, 0.25) is 0 Å². The molecule has 2 N–H and O–H groups in total. The number of nitrogens with one attached hydrogen (secondary N) is 2. The molecule has 4 heteroatoms. The highest BCUT2D eigenvalue weighted by Crippen LogP contribution is 2.16. The molecule has 3 rings (SSSR count). The van der Waals surface area contributed by atoms with E-state index >= 15 is 0 Å². The zero-order chi connectivity index (χ0) is 12.4. The molecule has 0 atom stereocenters. The van der Waals surface area contributed by atoms with Gasteiger partial charge >= 0.3 is 0 Å². The normalized spacial score (nSPS) is 15.3. The van der Waals surface area contributed by atoms with E-state index in [4.69, 9.17) is 0 Å². The number of benzene rings is 1. The van der Waals surface area contributed by atoms with Crippen LogP contribution >= 0.6 is 0 Å². The third kappa shape index (κ3) is 2.07. The molecule has 1 amide bonds. The fourth-order valence-corrected chi connectivity index (χ4v) is 2.11. The van der Waals surface area contributed by atoms with Crippen molar-refractivity contribution in [2.45, 2.75) is 0 Å². The summed E-state index contributed by atoms with van der Waals surface area (Å²) < 4.78 is 0. The average molecular weight is 241 g/mol. The minimum absolute atomic E-state index is 0.0845. The van der Waals surface area contributed by atoms with Gasteiger partial charge in [-0.25, -0.2) is 0 Å². The molecule has 0 spiro atoms. The standard InChI is InChI=1S/C14H15N3O/c18-14(17-9-10-7-15-8-10)13-12-4-2-1-3-11(12)5-6-16-13/h1-6,10,15H,7-9H2,(H,17,18). The molecule has 92 valence electrons. The highest BCUT2D eigenvalue weighted by molar-refractivity contribution is 6.05. The van der Waals surface area contributed by atoms with E-state index in [1.807, 2.05) is 30.3 Å². The molecular formula is C14H15N3O. The van der Waals surface area contributed by atoms with Crippen molar-refractivity contribution in [3.63, 3.8) is 0 Å². The van der Waals surface area contributed by atoms with E-state index in [2.05, 4.69) is 15.6 Å². The van der Waals surface area contributed by atoms with E-state index in [0.29, 0.717) is 11.6 Å². The number of aromatic nitrogens is 1. The van der Waals surface area contributed by atoms with Gasteiger partial charge in [-0.05, 0) is 11.5 Å². The average Bonchev–Trinajstić information content (AvgIpc) is 2.36. The van der Waals surface area contributed by atoms with Gasteiger partial charge in [-0.1, -0.05) is 24.3 Å². The maximum absolute atomic E-state index is 12.1. The van der Waals surface area contributed by atoms with Crippen LogP contribution in [0.4, 0.5) is 0 Å². The van der Waals surface area contributed by atoms with Gasteiger partial charge in [-0.15, -0.1) is 0 Å². The second-order valence-corrected chi connectivity index (χ2v) is 4.61. The van der Waals surface area contributed by atoms with Crippen molar-refractivity contribution < 1.29 is 4.79 Å². The molecule has 0 aliphatic carbocycles. The van der Waals surface area contributed by atoms with Crippen LogP contribution in [-0.4, -0.2) is 30.5 Å². The first-order chi connectivity index (χ1) is 8.84. The van der Waals surface area contributed by atoms with Crippen molar-refractivity contribution in [3.8, 4) is 0 Å². The summed E-state index contributed by atoms with van der Waals surface area (Å²) in [6.45, 7) is 2.70. The van der Waals surface area contributed by atoms with Crippen LogP contribution in [0.1, 0.15) is 10.5 Å². The third-order valence-electron chi connectivity index (χ3n) is 3.31. The number of hydrogen-bond donors (Lipinski definition) is 2. The molecule has 4 nitrogen and oxygen atoms in total. The molecule has 1 aromatic heterocycles. The first-order valence-corrected chi connectivity index (χ1v) is 6.17. The van der Waals surface area contributed by atoms with Crippen LogP contribution in [0.15, 0.2) is 36.5 Å². The summed E-state index contributed by atoms with van der Waals surface area (Å²) >= 11 is 0. The van der Waals surface area contributed by atoms with E-state index in [1.165, 1.54) is 0 Å². The fraction of sp³-hybridized carbons (Fsp3) is 0.286. The summed E-state index contributed by atoms with van der Waals surface area (Å²) in [5.74, 6) is 0.475. The summed E-state index contributed by atoms with van der Waals surface area (Å²) in [5.41, 5.74) is 0.514. The first kappa shape index (κ1) is 11.2. The Morgan fingerprint density at radius 2 is 2.17 bits per heavy atom. The van der Waals surface area contributed by atoms with Crippen LogP contribution in [-0.2, 0) is 0 Å². The molecule has 1 saturated heterocycles. The molecule has 0 radical (unpaired) electrons. The zero-order valence-corrected chi connectivity index (χ0v) is 10.0. The van der Waals surface area contributed by atoms with Crippen molar-refractivity contribution >= 4 is 16.7 Å². The summed E-state index contributed by atoms with van der Waals surface area (Å²) in [4.78, 5) is 16.3. The highest BCUT2D eigenvalue weighted by Gasteiger charge is 2.18.